The molecule has 0 unspecified atom stereocenters. The van der Waals surface area contributed by atoms with Gasteiger partial charge < -0.3 is 10.1 Å². The number of benzene rings is 1. The van der Waals surface area contributed by atoms with E-state index in [2.05, 4.69) is 5.32 Å². The van der Waals surface area contributed by atoms with Crippen LogP contribution in [0.15, 0.2) is 24.3 Å². The Balaban J connectivity index is 1.92. The summed E-state index contributed by atoms with van der Waals surface area (Å²) < 4.78 is 4.85. The number of nitrogens with one attached hydrogen (secondary N) is 1. The average Bonchev–Trinajstić information content (AvgIpc) is 2.35. The van der Waals surface area contributed by atoms with Crippen LogP contribution in [0.25, 0.3) is 0 Å². The normalized spacial score (nSPS) is 15.2. The lowest BCUT2D eigenvalue weighted by Crippen LogP contribution is -2.42. The van der Waals surface area contributed by atoms with Crippen molar-refractivity contribution in [3.63, 3.8) is 0 Å². The number of hydrogen-bond acceptors (Lipinski definition) is 3. The van der Waals surface area contributed by atoms with E-state index in [0.29, 0.717) is 23.9 Å². The Kier molecular flexibility index (Phi) is 4.04. The summed E-state index contributed by atoms with van der Waals surface area (Å²) in [5, 5.41) is 3.12. The van der Waals surface area contributed by atoms with Gasteiger partial charge in [0.2, 0.25) is 5.91 Å². The van der Waals surface area contributed by atoms with Crippen molar-refractivity contribution in [1.29, 1.82) is 0 Å². The van der Waals surface area contributed by atoms with Gasteiger partial charge in [0.25, 0.3) is 0 Å². The van der Waals surface area contributed by atoms with Gasteiger partial charge in [0.15, 0.2) is 0 Å². The number of rotatable bonds is 3. The lowest BCUT2D eigenvalue weighted by molar-refractivity contribution is -0.117. The Labute approximate surface area is 110 Å². The number of hydrogen-bond donors (Lipinski definition) is 1. The van der Waals surface area contributed by atoms with Gasteiger partial charge in [0, 0.05) is 6.54 Å². The fourth-order valence-electron chi connectivity index (χ4n) is 1.67. The van der Waals surface area contributed by atoms with Crippen molar-refractivity contribution in [2.75, 3.05) is 25.0 Å². The molecule has 5 nitrogen and oxygen atoms in total. The maximum absolute atomic E-state index is 11.8. The van der Waals surface area contributed by atoms with Crippen LogP contribution in [0, 0.1) is 0 Å². The smallest absolute Gasteiger partial charge is 0.410 e. The summed E-state index contributed by atoms with van der Waals surface area (Å²) in [6.07, 6.45) is 0.293. The Bertz CT molecular complexity index is 464. The molecule has 0 bridgehead atoms. The Morgan fingerprint density at radius 3 is 2.94 bits per heavy atom. The van der Waals surface area contributed by atoms with Gasteiger partial charge in [-0.3, -0.25) is 9.69 Å². The number of carbonyl (C=O) groups is 2. The molecule has 0 radical (unpaired) electrons. The molecule has 1 aromatic rings. The van der Waals surface area contributed by atoms with Gasteiger partial charge in [-0.05, 0) is 18.6 Å². The van der Waals surface area contributed by atoms with Gasteiger partial charge in [0.05, 0.1) is 17.3 Å². The van der Waals surface area contributed by atoms with Gasteiger partial charge in [-0.1, -0.05) is 23.7 Å². The molecule has 96 valence electrons. The van der Waals surface area contributed by atoms with E-state index in [1.165, 1.54) is 4.90 Å². The Morgan fingerprint density at radius 2 is 2.22 bits per heavy atom. The highest BCUT2D eigenvalue weighted by molar-refractivity contribution is 6.33. The quantitative estimate of drug-likeness (QED) is 0.913. The standard InChI is InChI=1S/C12H13ClN2O3/c13-9-4-1-2-5-10(9)14-11(16)8-15-6-3-7-18-12(15)17/h1-2,4-5H,3,6-8H2,(H,14,16). The van der Waals surface area contributed by atoms with Crippen LogP contribution >= 0.6 is 11.6 Å². The number of amides is 2. The minimum Gasteiger partial charge on any atom is -0.449 e. The van der Waals surface area contributed by atoms with Crippen molar-refractivity contribution in [1.82, 2.24) is 4.90 Å². The molecule has 0 aliphatic carbocycles. The molecule has 2 rings (SSSR count). The molecular weight excluding hydrogens is 256 g/mol. The van der Waals surface area contributed by atoms with Crippen LogP contribution in [0.2, 0.25) is 5.02 Å². The summed E-state index contributed by atoms with van der Waals surface area (Å²) in [6.45, 7) is 0.931. The summed E-state index contributed by atoms with van der Waals surface area (Å²) in [5.41, 5.74) is 0.537. The summed E-state index contributed by atoms with van der Waals surface area (Å²) >= 11 is 5.92. The molecule has 1 N–H and O–H groups in total. The summed E-state index contributed by atoms with van der Waals surface area (Å²) in [4.78, 5) is 24.5. The second-order valence-electron chi connectivity index (χ2n) is 3.92. The zero-order chi connectivity index (χ0) is 13.0. The van der Waals surface area contributed by atoms with Crippen LogP contribution < -0.4 is 5.32 Å². The molecule has 1 saturated heterocycles. The lowest BCUT2D eigenvalue weighted by atomic mass is 10.3. The van der Waals surface area contributed by atoms with Gasteiger partial charge in [-0.15, -0.1) is 0 Å². The minimum atomic E-state index is -0.449. The second kappa shape index (κ2) is 5.73. The van der Waals surface area contributed by atoms with E-state index < -0.39 is 6.09 Å². The van der Waals surface area contributed by atoms with Crippen molar-refractivity contribution < 1.29 is 14.3 Å². The van der Waals surface area contributed by atoms with Crippen molar-refractivity contribution in [3.8, 4) is 0 Å². The van der Waals surface area contributed by atoms with E-state index in [9.17, 15) is 9.59 Å². The number of ether oxygens (including phenoxy) is 1. The van der Waals surface area contributed by atoms with E-state index in [1.54, 1.807) is 24.3 Å². The largest absolute Gasteiger partial charge is 0.449 e. The van der Waals surface area contributed by atoms with E-state index in [1.807, 2.05) is 0 Å². The van der Waals surface area contributed by atoms with Crippen LogP contribution in [-0.2, 0) is 9.53 Å². The van der Waals surface area contributed by atoms with E-state index >= 15 is 0 Å². The first-order chi connectivity index (χ1) is 8.66. The van der Waals surface area contributed by atoms with Gasteiger partial charge >= 0.3 is 6.09 Å². The summed E-state index contributed by atoms with van der Waals surface area (Å²) in [6, 6.07) is 6.94. The van der Waals surface area contributed by atoms with Crippen LogP contribution in [0.1, 0.15) is 6.42 Å². The highest BCUT2D eigenvalue weighted by atomic mass is 35.5. The predicted octanol–water partition coefficient (Wildman–Crippen LogP) is 2.12. The molecule has 0 aromatic heterocycles. The number of nitrogens with zero attached hydrogens (tertiary/aromatic N) is 1. The highest BCUT2D eigenvalue weighted by Crippen LogP contribution is 2.20. The molecule has 1 aromatic carbocycles. The van der Waals surface area contributed by atoms with Crippen LogP contribution in [0.4, 0.5) is 10.5 Å². The number of anilines is 1. The van der Waals surface area contributed by atoms with Crippen molar-refractivity contribution in [3.05, 3.63) is 29.3 Å². The predicted molar refractivity (Wildman–Crippen MR) is 67.6 cm³/mol. The molecule has 2 amide bonds. The molecule has 0 atom stereocenters. The third kappa shape index (κ3) is 3.13. The van der Waals surface area contributed by atoms with Crippen molar-refractivity contribution in [2.45, 2.75) is 6.42 Å². The maximum atomic E-state index is 11.8. The Morgan fingerprint density at radius 1 is 1.44 bits per heavy atom. The number of para-hydroxylation sites is 1. The third-order valence-electron chi connectivity index (χ3n) is 2.54. The SMILES string of the molecule is O=C(CN1CCCOC1=O)Nc1ccccc1Cl. The molecular formula is C12H13ClN2O3. The van der Waals surface area contributed by atoms with Gasteiger partial charge in [-0.25, -0.2) is 4.79 Å². The molecule has 1 aliphatic heterocycles. The highest BCUT2D eigenvalue weighted by Gasteiger charge is 2.22. The average molecular weight is 269 g/mol. The first-order valence-corrected chi connectivity index (χ1v) is 6.00. The molecule has 0 saturated carbocycles. The Hall–Kier alpha value is -1.75. The molecule has 18 heavy (non-hydrogen) atoms. The number of carbonyl (C=O) groups excluding carboxylic acids is 2. The molecule has 1 heterocycles. The maximum Gasteiger partial charge on any atom is 0.410 e. The van der Waals surface area contributed by atoms with E-state index in [4.69, 9.17) is 16.3 Å². The van der Waals surface area contributed by atoms with Crippen LogP contribution in [0.5, 0.6) is 0 Å². The number of halogens is 1. The zero-order valence-corrected chi connectivity index (χ0v) is 10.4. The minimum absolute atomic E-state index is 0.0238. The summed E-state index contributed by atoms with van der Waals surface area (Å²) in [7, 11) is 0. The van der Waals surface area contributed by atoms with Crippen LogP contribution in [-0.4, -0.2) is 36.6 Å². The number of cyclic esters (lactones) is 1. The van der Waals surface area contributed by atoms with E-state index in [0.717, 1.165) is 6.42 Å². The van der Waals surface area contributed by atoms with Crippen molar-refractivity contribution in [2.24, 2.45) is 0 Å². The monoisotopic (exact) mass is 268 g/mol. The third-order valence-corrected chi connectivity index (χ3v) is 2.87. The van der Waals surface area contributed by atoms with E-state index in [-0.39, 0.29) is 12.5 Å². The topological polar surface area (TPSA) is 58.6 Å². The fourth-order valence-corrected chi connectivity index (χ4v) is 1.85. The molecule has 1 fully saturated rings. The van der Waals surface area contributed by atoms with Gasteiger partial charge in [0.1, 0.15) is 6.54 Å². The van der Waals surface area contributed by atoms with Gasteiger partial charge in [-0.2, -0.15) is 0 Å². The first-order valence-electron chi connectivity index (χ1n) is 5.63. The fraction of sp³-hybridized carbons (Fsp3) is 0.333. The first kappa shape index (κ1) is 12.7. The van der Waals surface area contributed by atoms with Crippen molar-refractivity contribution >= 4 is 29.3 Å². The zero-order valence-electron chi connectivity index (χ0n) is 9.69. The molecule has 1 aliphatic rings. The van der Waals surface area contributed by atoms with Crippen LogP contribution in [0.3, 0.4) is 0 Å². The summed E-state index contributed by atoms with van der Waals surface area (Å²) in [5.74, 6) is -0.290. The lowest BCUT2D eigenvalue weighted by Gasteiger charge is -2.25. The second-order valence-corrected chi connectivity index (χ2v) is 4.32. The molecule has 0 spiro atoms. The molecule has 6 heteroatoms.